The molecule has 0 spiro atoms. The molecule has 21 heavy (non-hydrogen) atoms. The van der Waals surface area contributed by atoms with E-state index >= 15 is 0 Å². The zero-order valence-corrected chi connectivity index (χ0v) is 13.9. The molecule has 0 amide bonds. The van der Waals surface area contributed by atoms with Crippen molar-refractivity contribution in [3.8, 4) is 5.75 Å². The maximum atomic E-state index is 12.1. The number of para-hydroxylation sites is 1. The largest absolute Gasteiger partial charge is 0.460 e. The number of ether oxygens (including phenoxy) is 1. The molecule has 0 aliphatic rings. The Kier molecular flexibility index (Phi) is 5.87. The first-order valence-corrected chi connectivity index (χ1v) is 8.81. The van der Waals surface area contributed by atoms with Crippen LogP contribution in [-0.2, 0) is 14.1 Å². The van der Waals surface area contributed by atoms with Crippen LogP contribution in [0.5, 0.6) is 5.75 Å². The fourth-order valence-electron chi connectivity index (χ4n) is 1.22. The van der Waals surface area contributed by atoms with E-state index in [1.54, 1.807) is 30.3 Å². The Balaban J connectivity index is 2.56. The number of halogens is 1. The summed E-state index contributed by atoms with van der Waals surface area (Å²) in [5, 5.41) is 2.27. The number of esters is 1. The molecule has 1 aromatic rings. The highest BCUT2D eigenvalue weighted by molar-refractivity contribution is 7.84. The molecule has 116 valence electrons. The standard InChI is InChI=1S/C14H19ClNO4P/c1-11(13(17)19-10-14(2,3)4)16-21(15,18)20-12-8-6-5-7-9-12/h5-9H,1,10H2,2-4H3,(H,16,18). The second-order valence-electron chi connectivity index (χ2n) is 5.61. The lowest BCUT2D eigenvalue weighted by molar-refractivity contribution is -0.141. The van der Waals surface area contributed by atoms with E-state index in [9.17, 15) is 9.36 Å². The van der Waals surface area contributed by atoms with Crippen LogP contribution >= 0.6 is 18.1 Å². The summed E-state index contributed by atoms with van der Waals surface area (Å²) in [6.07, 6.45) is 0. The number of hydrogen-bond acceptors (Lipinski definition) is 4. The Labute approximate surface area is 129 Å². The van der Waals surface area contributed by atoms with Gasteiger partial charge in [-0.15, -0.1) is 0 Å². The lowest BCUT2D eigenvalue weighted by Crippen LogP contribution is -2.24. The molecule has 1 N–H and O–H groups in total. The predicted molar refractivity (Wildman–Crippen MR) is 83.2 cm³/mol. The van der Waals surface area contributed by atoms with E-state index in [-0.39, 0.29) is 17.7 Å². The number of hydrogen-bond donors (Lipinski definition) is 1. The average Bonchev–Trinajstić information content (AvgIpc) is 2.35. The fourth-order valence-corrected chi connectivity index (χ4v) is 2.61. The first-order valence-electron chi connectivity index (χ1n) is 6.28. The van der Waals surface area contributed by atoms with E-state index in [0.717, 1.165) is 0 Å². The zero-order valence-electron chi connectivity index (χ0n) is 12.3. The van der Waals surface area contributed by atoms with Crippen molar-refractivity contribution in [3.05, 3.63) is 42.6 Å². The highest BCUT2D eigenvalue weighted by Crippen LogP contribution is 2.48. The molecule has 5 nitrogen and oxygen atoms in total. The highest BCUT2D eigenvalue weighted by Gasteiger charge is 2.25. The van der Waals surface area contributed by atoms with E-state index in [4.69, 9.17) is 20.5 Å². The molecule has 0 heterocycles. The summed E-state index contributed by atoms with van der Waals surface area (Å²) in [7, 11) is 0. The first kappa shape index (κ1) is 17.6. The van der Waals surface area contributed by atoms with Crippen LogP contribution in [0.15, 0.2) is 42.6 Å². The van der Waals surface area contributed by atoms with Gasteiger partial charge < -0.3 is 9.26 Å². The van der Waals surface area contributed by atoms with Crippen molar-refractivity contribution in [2.24, 2.45) is 5.41 Å². The average molecular weight is 332 g/mol. The minimum atomic E-state index is -3.77. The molecule has 1 rings (SSSR count). The highest BCUT2D eigenvalue weighted by atomic mass is 35.7. The molecule has 0 aliphatic heterocycles. The van der Waals surface area contributed by atoms with Gasteiger partial charge in [0.1, 0.15) is 11.4 Å². The second-order valence-corrected chi connectivity index (χ2v) is 8.31. The van der Waals surface area contributed by atoms with E-state index in [0.29, 0.717) is 5.75 Å². The van der Waals surface area contributed by atoms with Gasteiger partial charge in [0, 0.05) is 11.2 Å². The Hall–Kier alpha value is -1.45. The summed E-state index contributed by atoms with van der Waals surface area (Å²) in [5.74, 6) is -0.401. The van der Waals surface area contributed by atoms with Gasteiger partial charge in [0.2, 0.25) is 0 Å². The molecule has 1 atom stereocenters. The van der Waals surface area contributed by atoms with Gasteiger partial charge in [-0.3, -0.25) is 5.09 Å². The van der Waals surface area contributed by atoms with Crippen LogP contribution in [0.2, 0.25) is 0 Å². The summed E-state index contributed by atoms with van der Waals surface area (Å²) in [6.45, 7) is 5.65. The smallest absolute Gasteiger partial charge is 0.435 e. The SMILES string of the molecule is C=C(NP(=O)(Cl)Oc1ccccc1)C(=O)OCC(C)(C)C. The second kappa shape index (κ2) is 7.01. The molecular formula is C14H19ClNO4P. The summed E-state index contributed by atoms with van der Waals surface area (Å²) in [4.78, 5) is 11.7. The van der Waals surface area contributed by atoms with Gasteiger partial charge in [-0.1, -0.05) is 45.5 Å². The maximum absolute atomic E-state index is 12.1. The van der Waals surface area contributed by atoms with E-state index in [1.165, 1.54) is 0 Å². The van der Waals surface area contributed by atoms with Crippen LogP contribution < -0.4 is 9.61 Å². The Morgan fingerprint density at radius 1 is 1.33 bits per heavy atom. The summed E-state index contributed by atoms with van der Waals surface area (Å²) >= 11 is 5.75. The number of carbonyl (C=O) groups is 1. The minimum absolute atomic E-state index is 0.179. The predicted octanol–water partition coefficient (Wildman–Crippen LogP) is 4.10. The Bertz CT molecular complexity index is 554. The molecule has 0 aromatic heterocycles. The third-order valence-electron chi connectivity index (χ3n) is 2.12. The van der Waals surface area contributed by atoms with Gasteiger partial charge >= 0.3 is 12.8 Å². The van der Waals surface area contributed by atoms with E-state index in [2.05, 4.69) is 11.7 Å². The molecule has 7 heteroatoms. The molecule has 0 saturated carbocycles. The summed E-state index contributed by atoms with van der Waals surface area (Å²) < 4.78 is 22.2. The van der Waals surface area contributed by atoms with E-state index in [1.807, 2.05) is 20.8 Å². The van der Waals surface area contributed by atoms with Gasteiger partial charge in [-0.25, -0.2) is 9.36 Å². The molecule has 0 bridgehead atoms. The molecule has 1 aromatic carbocycles. The van der Waals surface area contributed by atoms with Crippen molar-refractivity contribution in [2.45, 2.75) is 20.8 Å². The quantitative estimate of drug-likeness (QED) is 0.483. The van der Waals surface area contributed by atoms with Crippen molar-refractivity contribution >= 4 is 24.1 Å². The van der Waals surface area contributed by atoms with Crippen molar-refractivity contribution < 1.29 is 18.6 Å². The normalized spacial score (nSPS) is 13.9. The van der Waals surface area contributed by atoms with Crippen molar-refractivity contribution in [1.29, 1.82) is 0 Å². The van der Waals surface area contributed by atoms with Crippen LogP contribution in [0.25, 0.3) is 0 Å². The van der Waals surface area contributed by atoms with Crippen LogP contribution in [0.4, 0.5) is 0 Å². The molecular weight excluding hydrogens is 313 g/mol. The number of nitrogens with one attached hydrogen (secondary N) is 1. The van der Waals surface area contributed by atoms with Crippen LogP contribution in [0, 0.1) is 5.41 Å². The number of rotatable bonds is 6. The zero-order chi connectivity index (χ0) is 16.1. The van der Waals surface area contributed by atoms with Crippen LogP contribution in [-0.4, -0.2) is 12.6 Å². The van der Waals surface area contributed by atoms with Gasteiger partial charge in [0.25, 0.3) is 0 Å². The van der Waals surface area contributed by atoms with Gasteiger partial charge in [-0.05, 0) is 17.5 Å². The van der Waals surface area contributed by atoms with Crippen LogP contribution in [0.1, 0.15) is 20.8 Å². The van der Waals surface area contributed by atoms with Crippen molar-refractivity contribution in [2.75, 3.05) is 6.61 Å². The lowest BCUT2D eigenvalue weighted by Gasteiger charge is -2.19. The maximum Gasteiger partial charge on any atom is 0.435 e. The molecule has 0 aliphatic carbocycles. The number of benzene rings is 1. The molecule has 0 fully saturated rings. The first-order chi connectivity index (χ1) is 9.59. The Morgan fingerprint density at radius 2 is 1.90 bits per heavy atom. The van der Waals surface area contributed by atoms with Crippen molar-refractivity contribution in [1.82, 2.24) is 5.09 Å². The topological polar surface area (TPSA) is 64.6 Å². The third-order valence-corrected chi connectivity index (χ3v) is 3.56. The Morgan fingerprint density at radius 3 is 2.43 bits per heavy atom. The third kappa shape index (κ3) is 7.21. The molecule has 0 saturated heterocycles. The van der Waals surface area contributed by atoms with Crippen LogP contribution in [0.3, 0.4) is 0 Å². The van der Waals surface area contributed by atoms with Gasteiger partial charge in [-0.2, -0.15) is 0 Å². The summed E-state index contributed by atoms with van der Waals surface area (Å²) in [6, 6.07) is 8.38. The van der Waals surface area contributed by atoms with Gasteiger partial charge in [0.05, 0.1) is 6.61 Å². The fraction of sp³-hybridized carbons (Fsp3) is 0.357. The van der Waals surface area contributed by atoms with E-state index < -0.39 is 12.8 Å². The number of carbonyl (C=O) groups excluding carboxylic acids is 1. The van der Waals surface area contributed by atoms with Crippen molar-refractivity contribution in [3.63, 3.8) is 0 Å². The monoisotopic (exact) mass is 331 g/mol. The summed E-state index contributed by atoms with van der Waals surface area (Å²) in [5.41, 5.74) is -0.394. The molecule has 1 unspecified atom stereocenters. The minimum Gasteiger partial charge on any atom is -0.460 e. The molecule has 0 radical (unpaired) electrons. The van der Waals surface area contributed by atoms with Gasteiger partial charge in [0.15, 0.2) is 0 Å². The lowest BCUT2D eigenvalue weighted by atomic mass is 9.99.